The van der Waals surface area contributed by atoms with E-state index in [1.807, 2.05) is 19.1 Å². The zero-order chi connectivity index (χ0) is 14.5. The number of carboxylic acids is 1. The summed E-state index contributed by atoms with van der Waals surface area (Å²) in [6.45, 7) is 8.91. The maximum atomic E-state index is 10.8. The molecule has 1 aromatic carbocycles. The van der Waals surface area contributed by atoms with Gasteiger partial charge >= 0.3 is 5.97 Å². The molecule has 3 heteroatoms. The number of anilines is 1. The van der Waals surface area contributed by atoms with Gasteiger partial charge in [0.25, 0.3) is 0 Å². The second kappa shape index (κ2) is 6.41. The predicted octanol–water partition coefficient (Wildman–Crippen LogP) is 3.82. The molecule has 0 spiro atoms. The van der Waals surface area contributed by atoms with Crippen molar-refractivity contribution in [2.75, 3.05) is 11.9 Å². The van der Waals surface area contributed by atoms with Crippen molar-refractivity contribution in [3.63, 3.8) is 0 Å². The molecule has 1 rings (SSSR count). The van der Waals surface area contributed by atoms with Gasteiger partial charge < -0.3 is 10.4 Å². The number of hydrogen-bond donors (Lipinski definition) is 2. The number of nitrogens with one attached hydrogen (secondary N) is 1. The summed E-state index contributed by atoms with van der Waals surface area (Å²) in [6, 6.07) is 8.26. The van der Waals surface area contributed by atoms with Crippen LogP contribution in [0.5, 0.6) is 0 Å². The molecule has 0 saturated carbocycles. The van der Waals surface area contributed by atoms with Crippen LogP contribution in [0.3, 0.4) is 0 Å². The minimum atomic E-state index is -0.840. The Labute approximate surface area is 115 Å². The minimum Gasteiger partial charge on any atom is -0.478 e. The molecule has 0 aliphatic carbocycles. The average molecular weight is 261 g/mol. The van der Waals surface area contributed by atoms with Gasteiger partial charge in [0.05, 0.1) is 0 Å². The van der Waals surface area contributed by atoms with Gasteiger partial charge in [0.2, 0.25) is 0 Å². The fourth-order valence-electron chi connectivity index (χ4n) is 1.76. The first-order chi connectivity index (χ1) is 8.84. The molecule has 0 amide bonds. The second-order valence-corrected chi connectivity index (χ2v) is 5.60. The Balaban J connectivity index is 2.62. The quantitative estimate of drug-likeness (QED) is 0.792. The summed E-state index contributed by atoms with van der Waals surface area (Å²) in [5.41, 5.74) is 2.88. The maximum Gasteiger partial charge on any atom is 0.331 e. The average Bonchev–Trinajstić information content (AvgIpc) is 2.33. The van der Waals surface area contributed by atoms with E-state index >= 15 is 0 Å². The van der Waals surface area contributed by atoms with Crippen molar-refractivity contribution in [3.8, 4) is 0 Å². The highest BCUT2D eigenvalue weighted by molar-refractivity contribution is 5.86. The van der Waals surface area contributed by atoms with E-state index in [-0.39, 0.29) is 5.41 Å². The lowest BCUT2D eigenvalue weighted by molar-refractivity contribution is -0.132. The molecule has 0 heterocycles. The van der Waals surface area contributed by atoms with Crippen molar-refractivity contribution in [2.24, 2.45) is 0 Å². The molecule has 1 aromatic rings. The van der Waals surface area contributed by atoms with Gasteiger partial charge in [0, 0.05) is 17.8 Å². The summed E-state index contributed by atoms with van der Waals surface area (Å²) in [4.78, 5) is 10.8. The standard InChI is InChI=1S/C16H23NO2/c1-5-12(15(18)19)10-11-17-14-8-6-13(7-9-14)16(2,3)4/h6-10,17H,5,11H2,1-4H3,(H,18,19)/b12-10-. The molecule has 0 aliphatic rings. The van der Waals surface area contributed by atoms with Crippen molar-refractivity contribution in [3.05, 3.63) is 41.5 Å². The Morgan fingerprint density at radius 1 is 1.26 bits per heavy atom. The van der Waals surface area contributed by atoms with E-state index < -0.39 is 5.97 Å². The lowest BCUT2D eigenvalue weighted by atomic mass is 9.87. The molecule has 0 aliphatic heterocycles. The predicted molar refractivity (Wildman–Crippen MR) is 79.6 cm³/mol. The van der Waals surface area contributed by atoms with Crippen LogP contribution in [0.25, 0.3) is 0 Å². The van der Waals surface area contributed by atoms with Crippen molar-refractivity contribution in [1.82, 2.24) is 0 Å². The summed E-state index contributed by atoms with van der Waals surface area (Å²) in [5.74, 6) is -0.840. The molecule has 3 nitrogen and oxygen atoms in total. The third kappa shape index (κ3) is 4.78. The van der Waals surface area contributed by atoms with E-state index in [0.29, 0.717) is 18.5 Å². The van der Waals surface area contributed by atoms with Crippen molar-refractivity contribution >= 4 is 11.7 Å². The van der Waals surface area contributed by atoms with Crippen LogP contribution in [0.2, 0.25) is 0 Å². The first-order valence-electron chi connectivity index (χ1n) is 6.61. The molecule has 0 unspecified atom stereocenters. The van der Waals surface area contributed by atoms with Crippen LogP contribution >= 0.6 is 0 Å². The molecule has 0 bridgehead atoms. The third-order valence-electron chi connectivity index (χ3n) is 3.06. The molecule has 0 atom stereocenters. The van der Waals surface area contributed by atoms with Crippen molar-refractivity contribution < 1.29 is 9.90 Å². The molecule has 104 valence electrons. The van der Waals surface area contributed by atoms with Crippen molar-refractivity contribution in [1.29, 1.82) is 0 Å². The highest BCUT2D eigenvalue weighted by atomic mass is 16.4. The van der Waals surface area contributed by atoms with Gasteiger partial charge in [0.15, 0.2) is 0 Å². The van der Waals surface area contributed by atoms with Gasteiger partial charge in [-0.05, 0) is 29.5 Å². The number of aliphatic carboxylic acids is 1. The zero-order valence-electron chi connectivity index (χ0n) is 12.2. The Hall–Kier alpha value is -1.77. The molecule has 2 N–H and O–H groups in total. The maximum absolute atomic E-state index is 10.8. The molecule has 0 fully saturated rings. The normalized spacial score (nSPS) is 12.3. The fraction of sp³-hybridized carbons (Fsp3) is 0.438. The van der Waals surface area contributed by atoms with E-state index in [1.165, 1.54) is 5.56 Å². The lowest BCUT2D eigenvalue weighted by Gasteiger charge is -2.19. The van der Waals surface area contributed by atoms with E-state index in [1.54, 1.807) is 6.08 Å². The molecule has 0 radical (unpaired) electrons. The third-order valence-corrected chi connectivity index (χ3v) is 3.06. The summed E-state index contributed by atoms with van der Waals surface area (Å²) in [5, 5.41) is 12.1. The van der Waals surface area contributed by atoms with Crippen LogP contribution in [-0.2, 0) is 10.2 Å². The van der Waals surface area contributed by atoms with Gasteiger partial charge in [-0.3, -0.25) is 0 Å². The van der Waals surface area contributed by atoms with Crippen LogP contribution in [0, 0.1) is 0 Å². The zero-order valence-corrected chi connectivity index (χ0v) is 12.2. The van der Waals surface area contributed by atoms with E-state index in [0.717, 1.165) is 5.69 Å². The first kappa shape index (κ1) is 15.3. The van der Waals surface area contributed by atoms with E-state index in [9.17, 15) is 4.79 Å². The molecule has 0 saturated heterocycles. The van der Waals surface area contributed by atoms with Crippen LogP contribution < -0.4 is 5.32 Å². The SMILES string of the molecule is CC/C(=C/CNc1ccc(C(C)(C)C)cc1)C(=O)O. The van der Waals surface area contributed by atoms with Crippen LogP contribution in [0.4, 0.5) is 5.69 Å². The van der Waals surface area contributed by atoms with Gasteiger partial charge in [-0.1, -0.05) is 45.9 Å². The number of hydrogen-bond acceptors (Lipinski definition) is 2. The smallest absolute Gasteiger partial charge is 0.331 e. The topological polar surface area (TPSA) is 49.3 Å². The molecule has 0 aromatic heterocycles. The monoisotopic (exact) mass is 261 g/mol. The van der Waals surface area contributed by atoms with Crippen LogP contribution in [0.15, 0.2) is 35.9 Å². The lowest BCUT2D eigenvalue weighted by Crippen LogP contribution is -2.11. The minimum absolute atomic E-state index is 0.150. The summed E-state index contributed by atoms with van der Waals surface area (Å²) in [7, 11) is 0. The second-order valence-electron chi connectivity index (χ2n) is 5.60. The number of carbonyl (C=O) groups is 1. The molecular weight excluding hydrogens is 238 g/mol. The largest absolute Gasteiger partial charge is 0.478 e. The Bertz CT molecular complexity index is 453. The summed E-state index contributed by atoms with van der Waals surface area (Å²) < 4.78 is 0. The highest BCUT2D eigenvalue weighted by Crippen LogP contribution is 2.23. The van der Waals surface area contributed by atoms with Gasteiger partial charge in [0.1, 0.15) is 0 Å². The number of benzene rings is 1. The molecular formula is C16H23NO2. The van der Waals surface area contributed by atoms with Gasteiger partial charge in [-0.2, -0.15) is 0 Å². The number of carboxylic acid groups (broad SMARTS) is 1. The van der Waals surface area contributed by atoms with Crippen molar-refractivity contribution in [2.45, 2.75) is 39.5 Å². The number of rotatable bonds is 5. The fourth-order valence-corrected chi connectivity index (χ4v) is 1.76. The first-order valence-corrected chi connectivity index (χ1v) is 6.61. The Kier molecular flexibility index (Phi) is 5.16. The highest BCUT2D eigenvalue weighted by Gasteiger charge is 2.12. The Morgan fingerprint density at radius 3 is 2.26 bits per heavy atom. The van der Waals surface area contributed by atoms with Crippen LogP contribution in [-0.4, -0.2) is 17.6 Å². The van der Waals surface area contributed by atoms with Crippen LogP contribution in [0.1, 0.15) is 39.7 Å². The van der Waals surface area contributed by atoms with E-state index in [2.05, 4.69) is 38.2 Å². The van der Waals surface area contributed by atoms with Gasteiger partial charge in [-0.25, -0.2) is 4.79 Å². The summed E-state index contributed by atoms with van der Waals surface area (Å²) >= 11 is 0. The summed E-state index contributed by atoms with van der Waals surface area (Å²) in [6.07, 6.45) is 2.26. The van der Waals surface area contributed by atoms with E-state index in [4.69, 9.17) is 5.11 Å². The molecule has 19 heavy (non-hydrogen) atoms. The van der Waals surface area contributed by atoms with Gasteiger partial charge in [-0.15, -0.1) is 0 Å². The Morgan fingerprint density at radius 2 is 1.84 bits per heavy atom.